The van der Waals surface area contributed by atoms with Crippen molar-refractivity contribution in [3.05, 3.63) is 34.3 Å². The lowest BCUT2D eigenvalue weighted by molar-refractivity contribution is 0.522. The largest absolute Gasteiger partial charge is 0.0843 e. The van der Waals surface area contributed by atoms with E-state index in [0.717, 1.165) is 17.4 Å². The van der Waals surface area contributed by atoms with Gasteiger partial charge in [0.25, 0.3) is 0 Å². The van der Waals surface area contributed by atoms with Gasteiger partial charge in [-0.2, -0.15) is 0 Å². The second-order valence-electron chi connectivity index (χ2n) is 4.23. The molecular formula is C13H19Cl. The Labute approximate surface area is 92.3 Å². The Balaban J connectivity index is 2.66. The molecule has 78 valence electrons. The van der Waals surface area contributed by atoms with Gasteiger partial charge in [0.2, 0.25) is 0 Å². The van der Waals surface area contributed by atoms with Gasteiger partial charge in [0.05, 0.1) is 0 Å². The van der Waals surface area contributed by atoms with Crippen LogP contribution in [0.4, 0.5) is 0 Å². The van der Waals surface area contributed by atoms with Crippen LogP contribution in [0, 0.1) is 12.8 Å². The molecule has 0 bridgehead atoms. The van der Waals surface area contributed by atoms with E-state index < -0.39 is 0 Å². The zero-order valence-corrected chi connectivity index (χ0v) is 10.1. The summed E-state index contributed by atoms with van der Waals surface area (Å²) < 4.78 is 0. The molecule has 0 N–H and O–H groups in total. The summed E-state index contributed by atoms with van der Waals surface area (Å²) in [6.45, 7) is 6.64. The molecule has 0 aliphatic rings. The van der Waals surface area contributed by atoms with Gasteiger partial charge in [-0.25, -0.2) is 0 Å². The van der Waals surface area contributed by atoms with E-state index in [9.17, 15) is 0 Å². The lowest BCUT2D eigenvalue weighted by Gasteiger charge is -2.10. The van der Waals surface area contributed by atoms with Crippen molar-refractivity contribution in [2.24, 2.45) is 5.92 Å². The fourth-order valence-corrected chi connectivity index (χ4v) is 2.24. The molecule has 0 nitrogen and oxygen atoms in total. The minimum Gasteiger partial charge on any atom is -0.0843 e. The van der Waals surface area contributed by atoms with E-state index in [4.69, 9.17) is 11.6 Å². The van der Waals surface area contributed by atoms with Gasteiger partial charge in [-0.3, -0.25) is 0 Å². The Morgan fingerprint density at radius 3 is 2.57 bits per heavy atom. The molecule has 0 saturated carbocycles. The molecular weight excluding hydrogens is 192 g/mol. The van der Waals surface area contributed by atoms with Crippen LogP contribution in [0.1, 0.15) is 37.8 Å². The lowest BCUT2D eigenvalue weighted by atomic mass is 9.96. The van der Waals surface area contributed by atoms with Crippen LogP contribution in [0.3, 0.4) is 0 Å². The highest BCUT2D eigenvalue weighted by atomic mass is 35.5. The highest BCUT2D eigenvalue weighted by Crippen LogP contribution is 2.19. The van der Waals surface area contributed by atoms with Crippen LogP contribution < -0.4 is 0 Å². The van der Waals surface area contributed by atoms with Gasteiger partial charge < -0.3 is 0 Å². The van der Waals surface area contributed by atoms with Crippen LogP contribution in [-0.2, 0) is 6.42 Å². The summed E-state index contributed by atoms with van der Waals surface area (Å²) in [5.74, 6) is 0.762. The van der Waals surface area contributed by atoms with Crippen LogP contribution in [0.25, 0.3) is 0 Å². The van der Waals surface area contributed by atoms with E-state index in [0.29, 0.717) is 0 Å². The number of benzene rings is 1. The summed E-state index contributed by atoms with van der Waals surface area (Å²) in [5.41, 5.74) is 2.63. The van der Waals surface area contributed by atoms with Gasteiger partial charge in [0.1, 0.15) is 0 Å². The molecule has 1 unspecified atom stereocenters. The molecule has 0 aliphatic heterocycles. The lowest BCUT2D eigenvalue weighted by Crippen LogP contribution is -1.99. The molecule has 0 saturated heterocycles. The molecule has 0 spiro atoms. The summed E-state index contributed by atoms with van der Waals surface area (Å²) in [7, 11) is 0. The molecule has 14 heavy (non-hydrogen) atoms. The van der Waals surface area contributed by atoms with Gasteiger partial charge in [0.15, 0.2) is 0 Å². The number of hydrogen-bond acceptors (Lipinski definition) is 0. The SMILES string of the molecule is CCCC(C)Cc1cc(C)cc(Cl)c1. The average molecular weight is 211 g/mol. The van der Waals surface area contributed by atoms with Crippen molar-refractivity contribution < 1.29 is 0 Å². The van der Waals surface area contributed by atoms with Gasteiger partial charge in [-0.1, -0.05) is 44.4 Å². The topological polar surface area (TPSA) is 0 Å². The fraction of sp³-hybridized carbons (Fsp3) is 0.538. The van der Waals surface area contributed by atoms with Gasteiger partial charge in [-0.15, -0.1) is 0 Å². The van der Waals surface area contributed by atoms with Gasteiger partial charge in [-0.05, 0) is 42.5 Å². The maximum absolute atomic E-state index is 6.01. The summed E-state index contributed by atoms with van der Waals surface area (Å²) in [6, 6.07) is 6.33. The first-order valence-corrected chi connectivity index (χ1v) is 5.75. The summed E-state index contributed by atoms with van der Waals surface area (Å²) in [5, 5.41) is 0.865. The summed E-state index contributed by atoms with van der Waals surface area (Å²) >= 11 is 6.01. The Kier molecular flexibility index (Phi) is 4.47. The average Bonchev–Trinajstić information content (AvgIpc) is 2.01. The van der Waals surface area contributed by atoms with E-state index >= 15 is 0 Å². The van der Waals surface area contributed by atoms with Crippen molar-refractivity contribution in [1.29, 1.82) is 0 Å². The fourth-order valence-electron chi connectivity index (χ4n) is 1.93. The third kappa shape index (κ3) is 3.71. The quantitative estimate of drug-likeness (QED) is 0.680. The number of aryl methyl sites for hydroxylation is 1. The Morgan fingerprint density at radius 2 is 2.00 bits per heavy atom. The predicted molar refractivity (Wildman–Crippen MR) is 64.0 cm³/mol. The van der Waals surface area contributed by atoms with Crippen molar-refractivity contribution in [3.8, 4) is 0 Å². The van der Waals surface area contributed by atoms with Crippen molar-refractivity contribution in [2.75, 3.05) is 0 Å². The summed E-state index contributed by atoms with van der Waals surface area (Å²) in [6.07, 6.45) is 3.71. The molecule has 1 atom stereocenters. The monoisotopic (exact) mass is 210 g/mol. The Bertz CT molecular complexity index is 271. The van der Waals surface area contributed by atoms with Crippen LogP contribution in [0.15, 0.2) is 18.2 Å². The smallest absolute Gasteiger partial charge is 0.0411 e. The molecule has 0 aliphatic carbocycles. The molecule has 1 aromatic rings. The van der Waals surface area contributed by atoms with E-state index in [1.165, 1.54) is 24.0 Å². The molecule has 0 radical (unpaired) electrons. The van der Waals surface area contributed by atoms with Crippen molar-refractivity contribution in [3.63, 3.8) is 0 Å². The van der Waals surface area contributed by atoms with E-state index in [1.54, 1.807) is 0 Å². The van der Waals surface area contributed by atoms with Crippen LogP contribution in [0.2, 0.25) is 5.02 Å². The van der Waals surface area contributed by atoms with Crippen LogP contribution >= 0.6 is 11.6 Å². The van der Waals surface area contributed by atoms with Crippen LogP contribution in [-0.4, -0.2) is 0 Å². The zero-order chi connectivity index (χ0) is 10.6. The summed E-state index contributed by atoms with van der Waals surface area (Å²) in [4.78, 5) is 0. The third-order valence-corrected chi connectivity index (χ3v) is 2.69. The normalized spacial score (nSPS) is 12.9. The second kappa shape index (κ2) is 5.41. The van der Waals surface area contributed by atoms with Crippen molar-refractivity contribution in [2.45, 2.75) is 40.0 Å². The maximum atomic E-state index is 6.01. The third-order valence-electron chi connectivity index (χ3n) is 2.47. The van der Waals surface area contributed by atoms with E-state index in [-0.39, 0.29) is 0 Å². The molecule has 0 amide bonds. The van der Waals surface area contributed by atoms with Gasteiger partial charge >= 0.3 is 0 Å². The molecule has 0 aromatic heterocycles. The molecule has 1 aromatic carbocycles. The predicted octanol–water partition coefficient (Wildman–Crippen LogP) is 4.63. The first-order valence-electron chi connectivity index (χ1n) is 5.38. The van der Waals surface area contributed by atoms with Crippen molar-refractivity contribution >= 4 is 11.6 Å². The molecule has 1 rings (SSSR count). The molecule has 0 fully saturated rings. The van der Waals surface area contributed by atoms with Crippen molar-refractivity contribution in [1.82, 2.24) is 0 Å². The van der Waals surface area contributed by atoms with E-state index in [1.807, 2.05) is 6.07 Å². The minimum atomic E-state index is 0.762. The zero-order valence-electron chi connectivity index (χ0n) is 9.31. The highest BCUT2D eigenvalue weighted by Gasteiger charge is 2.03. The minimum absolute atomic E-state index is 0.762. The highest BCUT2D eigenvalue weighted by molar-refractivity contribution is 6.30. The molecule has 1 heteroatoms. The first-order chi connectivity index (χ1) is 6.61. The number of halogens is 1. The molecule has 0 heterocycles. The van der Waals surface area contributed by atoms with E-state index in [2.05, 4.69) is 32.9 Å². The maximum Gasteiger partial charge on any atom is 0.0411 e. The Hall–Kier alpha value is -0.490. The van der Waals surface area contributed by atoms with Crippen LogP contribution in [0.5, 0.6) is 0 Å². The number of rotatable bonds is 4. The standard InChI is InChI=1S/C13H19Cl/c1-4-5-10(2)6-12-7-11(3)8-13(14)9-12/h7-10H,4-6H2,1-3H3. The van der Waals surface area contributed by atoms with Gasteiger partial charge in [0, 0.05) is 5.02 Å². The number of hydrogen-bond donors (Lipinski definition) is 0. The second-order valence-corrected chi connectivity index (χ2v) is 4.67. The Morgan fingerprint density at radius 1 is 1.29 bits per heavy atom. The first kappa shape index (κ1) is 11.6.